The second kappa shape index (κ2) is 9.80. The predicted molar refractivity (Wildman–Crippen MR) is 146 cm³/mol. The summed E-state index contributed by atoms with van der Waals surface area (Å²) < 4.78 is 16.8. The van der Waals surface area contributed by atoms with E-state index in [2.05, 4.69) is 37.9 Å². The largest absolute Gasteiger partial charge is 0.334 e. The van der Waals surface area contributed by atoms with Crippen LogP contribution in [-0.4, -0.2) is 44.4 Å². The zero-order valence-corrected chi connectivity index (χ0v) is 22.0. The van der Waals surface area contributed by atoms with Crippen LogP contribution in [-0.2, 0) is 25.9 Å². The maximum atomic E-state index is 14.9. The zero-order valence-electron chi connectivity index (χ0n) is 21.2. The van der Waals surface area contributed by atoms with Crippen molar-refractivity contribution in [1.82, 2.24) is 24.9 Å². The van der Waals surface area contributed by atoms with Crippen LogP contribution in [0.15, 0.2) is 35.1 Å². The van der Waals surface area contributed by atoms with Gasteiger partial charge in [-0.3, -0.25) is 19.2 Å². The number of rotatable bonds is 5. The number of fused-ring (bicyclic) bond motifs is 2. The van der Waals surface area contributed by atoms with Crippen molar-refractivity contribution in [3.63, 3.8) is 0 Å². The van der Waals surface area contributed by atoms with Gasteiger partial charge in [0.25, 0.3) is 11.5 Å². The Labute approximate surface area is 222 Å². The van der Waals surface area contributed by atoms with Crippen LogP contribution >= 0.6 is 11.3 Å². The van der Waals surface area contributed by atoms with E-state index in [0.29, 0.717) is 27.5 Å². The van der Waals surface area contributed by atoms with E-state index in [9.17, 15) is 14.0 Å². The van der Waals surface area contributed by atoms with Gasteiger partial charge in [0.15, 0.2) is 5.82 Å². The molecule has 0 fully saturated rings. The van der Waals surface area contributed by atoms with E-state index in [1.165, 1.54) is 27.8 Å². The number of H-pyrrole nitrogens is 1. The fraction of sp³-hybridized carbons (Fsp3) is 0.333. The van der Waals surface area contributed by atoms with Gasteiger partial charge >= 0.3 is 0 Å². The van der Waals surface area contributed by atoms with Crippen molar-refractivity contribution < 1.29 is 9.18 Å². The van der Waals surface area contributed by atoms with Gasteiger partial charge in [0.2, 0.25) is 0 Å². The minimum absolute atomic E-state index is 0.104. The van der Waals surface area contributed by atoms with Crippen LogP contribution in [0.25, 0.3) is 11.3 Å². The summed E-state index contributed by atoms with van der Waals surface area (Å²) >= 11 is 1.48. The molecule has 4 heterocycles. The van der Waals surface area contributed by atoms with Gasteiger partial charge in [-0.05, 0) is 75.0 Å². The van der Waals surface area contributed by atoms with Crippen LogP contribution in [0.3, 0.4) is 0 Å². The highest BCUT2D eigenvalue weighted by Gasteiger charge is 2.21. The van der Waals surface area contributed by atoms with Gasteiger partial charge in [-0.25, -0.2) is 9.49 Å². The molecule has 0 radical (unpaired) electrons. The first-order valence-electron chi connectivity index (χ1n) is 12.7. The summed E-state index contributed by atoms with van der Waals surface area (Å²) in [6.45, 7) is 4.20. The van der Waals surface area contributed by atoms with Crippen LogP contribution in [0.1, 0.15) is 44.2 Å². The minimum Gasteiger partial charge on any atom is -0.334 e. The summed E-state index contributed by atoms with van der Waals surface area (Å²) in [6, 6.07) is 8.37. The van der Waals surface area contributed by atoms with Crippen LogP contribution in [0.4, 0.5) is 21.6 Å². The molecule has 1 aliphatic carbocycles. The Bertz CT molecular complexity index is 1580. The third-order valence-electron chi connectivity index (χ3n) is 7.20. The first-order valence-corrected chi connectivity index (χ1v) is 13.5. The number of anilines is 3. The number of aromatic amines is 1. The van der Waals surface area contributed by atoms with E-state index in [1.54, 1.807) is 19.1 Å². The molecule has 3 N–H and O–H groups in total. The van der Waals surface area contributed by atoms with Crippen LogP contribution < -0.4 is 16.2 Å². The maximum Gasteiger partial charge on any atom is 0.287 e. The Morgan fingerprint density at radius 1 is 1.16 bits per heavy atom. The van der Waals surface area contributed by atoms with E-state index in [-0.39, 0.29) is 17.3 Å². The van der Waals surface area contributed by atoms with E-state index in [1.807, 2.05) is 16.8 Å². The van der Waals surface area contributed by atoms with Crippen LogP contribution in [0, 0.1) is 12.7 Å². The molecule has 9 nitrogen and oxygen atoms in total. The Morgan fingerprint density at radius 2 is 2.00 bits per heavy atom. The van der Waals surface area contributed by atoms with E-state index < -0.39 is 11.4 Å². The minimum atomic E-state index is -0.530. The average Bonchev–Trinajstić information content (AvgIpc) is 3.51. The lowest BCUT2D eigenvalue weighted by Gasteiger charge is -2.22. The normalized spacial score (nSPS) is 15.1. The molecular formula is C27H28FN7O2S. The zero-order chi connectivity index (χ0) is 26.4. The predicted octanol–water partition coefficient (Wildman–Crippen LogP) is 4.46. The highest BCUT2D eigenvalue weighted by Crippen LogP contribution is 2.33. The quantitative estimate of drug-likeness (QED) is 0.350. The van der Waals surface area contributed by atoms with Crippen molar-refractivity contribution in [1.29, 1.82) is 0 Å². The highest BCUT2D eigenvalue weighted by molar-refractivity contribution is 7.14. The first-order chi connectivity index (χ1) is 18.4. The molecule has 6 rings (SSSR count). The monoisotopic (exact) mass is 533 g/mol. The lowest BCUT2D eigenvalue weighted by molar-refractivity contribution is 0.103. The molecule has 1 aliphatic heterocycles. The van der Waals surface area contributed by atoms with Crippen molar-refractivity contribution in [2.45, 2.75) is 45.7 Å². The smallest absolute Gasteiger partial charge is 0.287 e. The number of halogens is 1. The lowest BCUT2D eigenvalue weighted by Crippen LogP contribution is -2.30. The van der Waals surface area contributed by atoms with Crippen molar-refractivity contribution in [2.75, 3.05) is 24.2 Å². The number of nitrogens with zero attached hydrogens (tertiary/aromatic N) is 4. The topological polar surface area (TPSA) is 108 Å². The molecule has 3 aromatic heterocycles. The molecule has 0 atom stereocenters. The molecule has 0 spiro atoms. The number of hydrogen-bond donors (Lipinski definition) is 3. The molecule has 4 aromatic rings. The van der Waals surface area contributed by atoms with Crippen molar-refractivity contribution in [3.05, 3.63) is 73.1 Å². The second-order valence-electron chi connectivity index (χ2n) is 9.92. The molecule has 38 heavy (non-hydrogen) atoms. The van der Waals surface area contributed by atoms with Crippen LogP contribution in [0.2, 0.25) is 0 Å². The van der Waals surface area contributed by atoms with Crippen molar-refractivity contribution in [2.24, 2.45) is 0 Å². The molecule has 196 valence electrons. The lowest BCUT2D eigenvalue weighted by atomic mass is 9.99. The van der Waals surface area contributed by atoms with E-state index >= 15 is 0 Å². The van der Waals surface area contributed by atoms with E-state index in [4.69, 9.17) is 0 Å². The summed E-state index contributed by atoms with van der Waals surface area (Å²) in [5.74, 6) is -0.285. The number of aromatic nitrogens is 4. The summed E-state index contributed by atoms with van der Waals surface area (Å²) in [4.78, 5) is 29.6. The first kappa shape index (κ1) is 24.5. The number of carbonyl (C=O) groups excluding carboxylic acids is 1. The Kier molecular flexibility index (Phi) is 6.32. The molecule has 0 saturated carbocycles. The van der Waals surface area contributed by atoms with Crippen LogP contribution in [0.5, 0.6) is 0 Å². The Hall–Kier alpha value is -3.83. The standard InChI is InChI=1S/C27H28FN7O2S/c1-15-18(7-8-19(28)25(15)30-27(37)23-11-16-5-3-4-6-22(16)38-23)20-13-21(26(36)32-31-20)29-24-12-17-14-34(2)9-10-35(17)33-24/h7-8,11-13H,3-6,9-10,14H2,1-2H3,(H,30,37)(H,32,36)(H,29,31,33). The highest BCUT2D eigenvalue weighted by atomic mass is 32.1. The molecule has 1 aromatic carbocycles. The number of aryl methyl sites for hydroxylation is 2. The number of amides is 1. The van der Waals surface area contributed by atoms with Gasteiger partial charge in [-0.15, -0.1) is 11.3 Å². The fourth-order valence-electron chi connectivity index (χ4n) is 5.12. The maximum absolute atomic E-state index is 14.9. The van der Waals surface area contributed by atoms with Crippen molar-refractivity contribution >= 4 is 34.4 Å². The molecule has 1 amide bonds. The van der Waals surface area contributed by atoms with Gasteiger partial charge in [0, 0.05) is 29.6 Å². The number of carbonyl (C=O) groups is 1. The molecule has 11 heteroatoms. The molecule has 0 saturated heterocycles. The third-order valence-corrected chi connectivity index (χ3v) is 8.44. The number of hydrogen-bond acceptors (Lipinski definition) is 7. The number of benzene rings is 1. The molecule has 0 unspecified atom stereocenters. The van der Waals surface area contributed by atoms with Gasteiger partial charge in [0.05, 0.1) is 28.5 Å². The number of thiophene rings is 1. The SMILES string of the molecule is Cc1c(-c2cc(Nc3cc4n(n3)CCN(C)C4)c(=O)[nH]n2)ccc(F)c1NC(=O)c1cc2c(s1)CCCC2. The number of nitrogens with one attached hydrogen (secondary N) is 3. The van der Waals surface area contributed by atoms with E-state index in [0.717, 1.165) is 51.0 Å². The second-order valence-corrected chi connectivity index (χ2v) is 11.1. The Balaban J connectivity index is 1.27. The summed E-state index contributed by atoms with van der Waals surface area (Å²) in [5.41, 5.74) is 3.82. The van der Waals surface area contributed by atoms with Gasteiger partial charge < -0.3 is 10.6 Å². The Morgan fingerprint density at radius 3 is 2.84 bits per heavy atom. The van der Waals surface area contributed by atoms with Gasteiger partial charge in [0.1, 0.15) is 11.5 Å². The van der Waals surface area contributed by atoms with Gasteiger partial charge in [-0.2, -0.15) is 10.2 Å². The average molecular weight is 534 g/mol. The molecular weight excluding hydrogens is 505 g/mol. The van der Waals surface area contributed by atoms with Crippen molar-refractivity contribution in [3.8, 4) is 11.3 Å². The number of likely N-dealkylation sites (N-methyl/N-ethyl adjacent to an activating group) is 1. The summed E-state index contributed by atoms with van der Waals surface area (Å²) in [7, 11) is 2.05. The third kappa shape index (κ3) is 4.63. The van der Waals surface area contributed by atoms with Gasteiger partial charge in [-0.1, -0.05) is 0 Å². The summed E-state index contributed by atoms with van der Waals surface area (Å²) in [5, 5.41) is 17.2. The summed E-state index contributed by atoms with van der Waals surface area (Å²) in [6.07, 6.45) is 4.23. The molecule has 2 aliphatic rings. The fourth-order valence-corrected chi connectivity index (χ4v) is 6.27. The molecule has 0 bridgehead atoms.